The van der Waals surface area contributed by atoms with Crippen LogP contribution in [0.3, 0.4) is 0 Å². The van der Waals surface area contributed by atoms with Crippen molar-refractivity contribution in [1.82, 2.24) is 0 Å². The third-order valence-electron chi connectivity index (χ3n) is 4.47. The Morgan fingerprint density at radius 3 is 3.05 bits per heavy atom. The Morgan fingerprint density at radius 1 is 1.58 bits per heavy atom. The van der Waals surface area contributed by atoms with Crippen molar-refractivity contribution in [3.8, 4) is 0 Å². The van der Waals surface area contributed by atoms with Crippen LogP contribution in [0.2, 0.25) is 0 Å². The van der Waals surface area contributed by atoms with E-state index < -0.39 is 11.2 Å². The van der Waals surface area contributed by atoms with Crippen molar-refractivity contribution in [3.63, 3.8) is 0 Å². The number of hydrogen-bond acceptors (Lipinski definition) is 5. The minimum absolute atomic E-state index is 0.0544. The molecule has 0 spiro atoms. The number of ether oxygens (including phenoxy) is 2. The minimum atomic E-state index is -1.28. The summed E-state index contributed by atoms with van der Waals surface area (Å²) in [7, 11) is 1.48. The highest BCUT2D eigenvalue weighted by Crippen LogP contribution is 2.57. The predicted octanol–water partition coefficient (Wildman–Crippen LogP) is 1.57. The first-order chi connectivity index (χ1) is 9.10. The van der Waals surface area contributed by atoms with Crippen molar-refractivity contribution >= 4 is 22.7 Å². The summed E-state index contributed by atoms with van der Waals surface area (Å²) in [5.74, 6) is -1.68. The van der Waals surface area contributed by atoms with Gasteiger partial charge in [-0.1, -0.05) is 30.0 Å². The van der Waals surface area contributed by atoms with Gasteiger partial charge in [0.2, 0.25) is 11.6 Å². The van der Waals surface area contributed by atoms with Gasteiger partial charge in [-0.3, -0.25) is 9.59 Å². The van der Waals surface area contributed by atoms with Crippen LogP contribution in [0.5, 0.6) is 0 Å². The number of allylic oxidation sites excluding steroid dienone is 2. The molecule has 1 heterocycles. The van der Waals surface area contributed by atoms with Gasteiger partial charge in [0.15, 0.2) is 5.12 Å². The zero-order valence-electron chi connectivity index (χ0n) is 10.9. The van der Waals surface area contributed by atoms with E-state index in [9.17, 15) is 9.59 Å². The summed E-state index contributed by atoms with van der Waals surface area (Å²) in [6, 6.07) is 0. The molecule has 0 bridgehead atoms. The van der Waals surface area contributed by atoms with E-state index in [1.54, 1.807) is 12.3 Å². The molecule has 0 saturated carbocycles. The third kappa shape index (κ3) is 1.49. The van der Waals surface area contributed by atoms with Gasteiger partial charge >= 0.3 is 0 Å². The molecule has 2 aliphatic carbocycles. The maximum atomic E-state index is 12.5. The molecule has 0 N–H and O–H groups in total. The molecule has 0 amide bonds. The van der Waals surface area contributed by atoms with Gasteiger partial charge < -0.3 is 9.47 Å². The van der Waals surface area contributed by atoms with E-state index in [1.807, 2.05) is 12.2 Å². The first-order valence-corrected chi connectivity index (χ1v) is 7.51. The third-order valence-corrected chi connectivity index (χ3v) is 5.22. The van der Waals surface area contributed by atoms with Crippen LogP contribution in [0.15, 0.2) is 24.3 Å². The molecule has 102 valence electrons. The summed E-state index contributed by atoms with van der Waals surface area (Å²) >= 11 is 1.20. The quantitative estimate of drug-likeness (QED) is 0.719. The maximum absolute atomic E-state index is 12.5. The Hall–Kier alpha value is -0.910. The monoisotopic (exact) mass is 280 g/mol. The SMILES string of the molecule is CO[C@]12OC[C@@H]3C=CC[C@](C(=O)SC)(C=CC1=O)[C@@H]32. The maximum Gasteiger partial charge on any atom is 0.237 e. The predicted molar refractivity (Wildman–Crippen MR) is 71.5 cm³/mol. The van der Waals surface area contributed by atoms with Gasteiger partial charge in [-0.25, -0.2) is 0 Å². The molecule has 0 aromatic carbocycles. The average Bonchev–Trinajstić information content (AvgIpc) is 2.84. The van der Waals surface area contributed by atoms with Crippen molar-refractivity contribution in [2.45, 2.75) is 12.2 Å². The van der Waals surface area contributed by atoms with E-state index in [2.05, 4.69) is 0 Å². The van der Waals surface area contributed by atoms with Gasteiger partial charge in [0, 0.05) is 18.9 Å². The topological polar surface area (TPSA) is 52.6 Å². The largest absolute Gasteiger partial charge is 0.346 e. The highest BCUT2D eigenvalue weighted by Gasteiger charge is 2.66. The first-order valence-electron chi connectivity index (χ1n) is 6.28. The molecule has 5 heteroatoms. The summed E-state index contributed by atoms with van der Waals surface area (Å²) in [6.07, 6.45) is 9.66. The summed E-state index contributed by atoms with van der Waals surface area (Å²) in [5, 5.41) is 0.0718. The number of thioether (sulfide) groups is 1. The molecule has 4 nitrogen and oxygen atoms in total. The Labute approximate surface area is 116 Å². The lowest BCUT2D eigenvalue weighted by atomic mass is 9.59. The molecule has 1 saturated heterocycles. The second-order valence-electron chi connectivity index (χ2n) is 5.19. The van der Waals surface area contributed by atoms with Crippen LogP contribution >= 0.6 is 11.8 Å². The fraction of sp³-hybridized carbons (Fsp3) is 0.571. The number of ketones is 1. The molecule has 3 rings (SSSR count). The van der Waals surface area contributed by atoms with Crippen LogP contribution in [-0.4, -0.2) is 36.7 Å². The lowest BCUT2D eigenvalue weighted by Crippen LogP contribution is -2.57. The van der Waals surface area contributed by atoms with Crippen LogP contribution in [0.4, 0.5) is 0 Å². The van der Waals surface area contributed by atoms with E-state index in [0.717, 1.165) is 0 Å². The standard InChI is InChI=1S/C14H16O4S/c1-17-14-10(15)5-7-13(12(16)19-2)6-3-4-9(8-18-14)11(13)14/h3-5,7,9,11H,6,8H2,1-2H3/t9-,11+,13-,14-/m0/s1. The fourth-order valence-electron chi connectivity index (χ4n) is 3.63. The van der Waals surface area contributed by atoms with Crippen LogP contribution in [-0.2, 0) is 19.1 Å². The van der Waals surface area contributed by atoms with E-state index in [4.69, 9.17) is 9.47 Å². The van der Waals surface area contributed by atoms with E-state index in [-0.39, 0.29) is 22.7 Å². The molecule has 4 atom stereocenters. The van der Waals surface area contributed by atoms with Gasteiger partial charge in [-0.05, 0) is 18.8 Å². The molecular formula is C14H16O4S. The van der Waals surface area contributed by atoms with Gasteiger partial charge in [-0.15, -0.1) is 0 Å². The van der Waals surface area contributed by atoms with E-state index in [1.165, 1.54) is 24.9 Å². The summed E-state index contributed by atoms with van der Waals surface area (Å²) in [4.78, 5) is 24.7. The van der Waals surface area contributed by atoms with Gasteiger partial charge in [0.05, 0.1) is 12.0 Å². The second kappa shape index (κ2) is 4.30. The molecule has 0 aromatic rings. The fourth-order valence-corrected chi connectivity index (χ4v) is 4.29. The van der Waals surface area contributed by atoms with Gasteiger partial charge in [-0.2, -0.15) is 0 Å². The Kier molecular flexibility index (Phi) is 2.96. The van der Waals surface area contributed by atoms with Crippen molar-refractivity contribution in [2.75, 3.05) is 20.0 Å². The highest BCUT2D eigenvalue weighted by molar-refractivity contribution is 8.13. The lowest BCUT2D eigenvalue weighted by Gasteiger charge is -2.46. The second-order valence-corrected chi connectivity index (χ2v) is 5.96. The molecule has 0 unspecified atom stereocenters. The number of hydrogen-bond donors (Lipinski definition) is 0. The number of methoxy groups -OCH3 is 1. The Morgan fingerprint density at radius 2 is 2.37 bits per heavy atom. The molecule has 19 heavy (non-hydrogen) atoms. The molecule has 1 fully saturated rings. The molecule has 3 aliphatic rings. The molecule has 0 radical (unpaired) electrons. The number of rotatable bonds is 2. The van der Waals surface area contributed by atoms with Crippen molar-refractivity contribution in [2.24, 2.45) is 17.3 Å². The summed E-state index contributed by atoms with van der Waals surface area (Å²) in [5.41, 5.74) is -0.681. The van der Waals surface area contributed by atoms with Crippen LogP contribution in [0.25, 0.3) is 0 Å². The Bertz CT molecular complexity index is 498. The van der Waals surface area contributed by atoms with Crippen molar-refractivity contribution < 1.29 is 19.1 Å². The van der Waals surface area contributed by atoms with Gasteiger partial charge in [0.25, 0.3) is 0 Å². The zero-order chi connectivity index (χ0) is 13.7. The van der Waals surface area contributed by atoms with Crippen LogP contribution in [0, 0.1) is 17.3 Å². The van der Waals surface area contributed by atoms with Crippen molar-refractivity contribution in [3.05, 3.63) is 24.3 Å². The molecule has 1 aliphatic heterocycles. The van der Waals surface area contributed by atoms with Crippen molar-refractivity contribution in [1.29, 1.82) is 0 Å². The highest BCUT2D eigenvalue weighted by atomic mass is 32.2. The lowest BCUT2D eigenvalue weighted by molar-refractivity contribution is -0.221. The summed E-state index contributed by atoms with van der Waals surface area (Å²) in [6.45, 7) is 0.422. The van der Waals surface area contributed by atoms with Gasteiger partial charge in [0.1, 0.15) is 0 Å². The molecule has 0 aromatic heterocycles. The average molecular weight is 280 g/mol. The van der Waals surface area contributed by atoms with E-state index in [0.29, 0.717) is 13.0 Å². The van der Waals surface area contributed by atoms with E-state index >= 15 is 0 Å². The summed E-state index contributed by atoms with van der Waals surface area (Å²) < 4.78 is 11.2. The normalized spacial score (nSPS) is 43.4. The first kappa shape index (κ1) is 13.1. The number of carbonyl (C=O) groups is 2. The zero-order valence-corrected chi connectivity index (χ0v) is 11.7. The van der Waals surface area contributed by atoms with Crippen LogP contribution < -0.4 is 0 Å². The Balaban J connectivity index is 2.19. The van der Waals surface area contributed by atoms with Crippen LogP contribution in [0.1, 0.15) is 6.42 Å². The number of carbonyl (C=O) groups excluding carboxylic acids is 2. The minimum Gasteiger partial charge on any atom is -0.346 e. The molecular weight excluding hydrogens is 264 g/mol. The smallest absolute Gasteiger partial charge is 0.237 e.